The molecular formula is C38H50N2O10. The number of allylic oxidation sites excluding steroid dienone is 4. The Morgan fingerprint density at radius 3 is 2.16 bits per heavy atom. The number of nitrogens with two attached hydrogens (primary N) is 1. The lowest BCUT2D eigenvalue weighted by Crippen LogP contribution is -2.41. The van der Waals surface area contributed by atoms with Crippen molar-refractivity contribution in [2.75, 3.05) is 34.0 Å². The monoisotopic (exact) mass is 694 g/mol. The molecule has 12 heteroatoms. The molecule has 0 aliphatic heterocycles. The molecule has 12 nitrogen and oxygen atoms in total. The number of hydrogen-bond acceptors (Lipinski definition) is 11. The summed E-state index contributed by atoms with van der Waals surface area (Å²) in [6.45, 7) is 8.48. The van der Waals surface area contributed by atoms with Crippen molar-refractivity contribution < 1.29 is 42.9 Å². The number of fused-ring (bicyclic) bond motifs is 2. The van der Waals surface area contributed by atoms with Crippen LogP contribution in [0.25, 0.3) is 21.9 Å². The smallest absolute Gasteiger partial charge is 0.328 e. The molecule has 1 heterocycles. The Bertz CT molecular complexity index is 1780. The molecule has 0 spiro atoms. The van der Waals surface area contributed by atoms with Crippen LogP contribution in [-0.2, 0) is 32.0 Å². The van der Waals surface area contributed by atoms with E-state index in [0.717, 1.165) is 17.4 Å². The van der Waals surface area contributed by atoms with Gasteiger partial charge in [0.1, 0.15) is 40.4 Å². The van der Waals surface area contributed by atoms with E-state index >= 15 is 0 Å². The first-order valence-electron chi connectivity index (χ1n) is 16.9. The van der Waals surface area contributed by atoms with E-state index in [0.29, 0.717) is 73.4 Å². The summed E-state index contributed by atoms with van der Waals surface area (Å²) >= 11 is 0. The Morgan fingerprint density at radius 2 is 1.54 bits per heavy atom. The van der Waals surface area contributed by atoms with Gasteiger partial charge in [-0.05, 0) is 72.8 Å². The molecule has 1 aromatic heterocycles. The molecule has 2 aromatic carbocycles. The first kappa shape index (κ1) is 39.6. The van der Waals surface area contributed by atoms with Crippen LogP contribution < -0.4 is 30.7 Å². The first-order chi connectivity index (χ1) is 24.0. The molecule has 0 saturated carbocycles. The maximum absolute atomic E-state index is 14.3. The van der Waals surface area contributed by atoms with Gasteiger partial charge in [-0.1, -0.05) is 23.3 Å². The van der Waals surface area contributed by atoms with Crippen molar-refractivity contribution in [3.05, 3.63) is 56.8 Å². The van der Waals surface area contributed by atoms with Crippen LogP contribution in [0.5, 0.6) is 23.0 Å². The SMILES string of the molecule is COC(=O)C(CCCN)NC(=O)CCCOc1cc2oc3cc(OCCCC=O)c(OC)c(CC=C(C)C)c3c(=O)c2c(O)c1CC=C(C)C. The number of aromatic hydroxyl groups is 1. The predicted octanol–water partition coefficient (Wildman–Crippen LogP) is 5.59. The van der Waals surface area contributed by atoms with Crippen molar-refractivity contribution in [1.82, 2.24) is 5.32 Å². The molecule has 0 aliphatic carbocycles. The minimum Gasteiger partial charge on any atom is -0.507 e. The van der Waals surface area contributed by atoms with Crippen LogP contribution in [0.15, 0.2) is 44.6 Å². The van der Waals surface area contributed by atoms with E-state index in [1.54, 1.807) is 12.1 Å². The Balaban J connectivity index is 2.06. The van der Waals surface area contributed by atoms with Crippen LogP contribution in [0.4, 0.5) is 0 Å². The van der Waals surface area contributed by atoms with Gasteiger partial charge in [-0.25, -0.2) is 4.79 Å². The van der Waals surface area contributed by atoms with Gasteiger partial charge >= 0.3 is 5.97 Å². The van der Waals surface area contributed by atoms with Crippen LogP contribution in [0, 0.1) is 0 Å². The number of rotatable bonds is 20. The summed E-state index contributed by atoms with van der Waals surface area (Å²) in [5, 5.41) is 14.6. The summed E-state index contributed by atoms with van der Waals surface area (Å²) < 4.78 is 29.0. The molecule has 272 valence electrons. The van der Waals surface area contributed by atoms with E-state index in [4.69, 9.17) is 29.1 Å². The number of methoxy groups -OCH3 is 2. The van der Waals surface area contributed by atoms with Crippen molar-refractivity contribution in [3.8, 4) is 23.0 Å². The zero-order valence-corrected chi connectivity index (χ0v) is 29.9. The number of amides is 1. The lowest BCUT2D eigenvalue weighted by atomic mass is 9.98. The lowest BCUT2D eigenvalue weighted by molar-refractivity contribution is -0.145. The quantitative estimate of drug-likeness (QED) is 0.0442. The molecule has 0 bridgehead atoms. The topological polar surface area (TPSA) is 177 Å². The van der Waals surface area contributed by atoms with E-state index in [-0.39, 0.29) is 59.7 Å². The van der Waals surface area contributed by atoms with Gasteiger partial charge in [0, 0.05) is 36.1 Å². The standard InChI is InChI=1S/C38H50N2O10/c1-23(2)13-15-25-28(48-20-10-12-32(42)40-27(11-9-17-39)38(45)47-6)21-30-34(35(25)43)36(44)33-26(16-14-24(3)4)37(46-5)31(22-29(33)50-30)49-19-8-7-18-41/h13-14,18,21-22,27,43H,7-12,15-17,19-20,39H2,1-6H3,(H,40,42). The van der Waals surface area contributed by atoms with Gasteiger partial charge in [0.25, 0.3) is 0 Å². The normalized spacial score (nSPS) is 11.5. The van der Waals surface area contributed by atoms with Crippen LogP contribution in [-0.4, -0.2) is 63.3 Å². The third-order valence-electron chi connectivity index (χ3n) is 7.99. The van der Waals surface area contributed by atoms with Gasteiger partial charge in [0.15, 0.2) is 11.5 Å². The number of carbonyl (C=O) groups excluding carboxylic acids is 3. The van der Waals surface area contributed by atoms with Crippen molar-refractivity contribution in [2.45, 2.75) is 85.1 Å². The maximum atomic E-state index is 14.3. The average Bonchev–Trinajstić information content (AvgIpc) is 3.08. The highest BCUT2D eigenvalue weighted by Gasteiger charge is 2.25. The average molecular weight is 695 g/mol. The summed E-state index contributed by atoms with van der Waals surface area (Å²) in [6.07, 6.45) is 7.46. The molecule has 0 fully saturated rings. The number of phenols is 1. The van der Waals surface area contributed by atoms with E-state index in [1.165, 1.54) is 14.2 Å². The summed E-state index contributed by atoms with van der Waals surface area (Å²) in [5.41, 5.74) is 8.45. The number of phenolic OH excluding ortho intramolecular Hbond substituents is 1. The summed E-state index contributed by atoms with van der Waals surface area (Å²) in [4.78, 5) is 49.8. The minimum atomic E-state index is -0.785. The van der Waals surface area contributed by atoms with E-state index in [2.05, 4.69) is 5.32 Å². The lowest BCUT2D eigenvalue weighted by Gasteiger charge is -2.18. The molecule has 1 amide bonds. The minimum absolute atomic E-state index is 0.00729. The largest absolute Gasteiger partial charge is 0.507 e. The Hall–Kier alpha value is -4.84. The second-order valence-electron chi connectivity index (χ2n) is 12.4. The van der Waals surface area contributed by atoms with E-state index in [1.807, 2.05) is 39.8 Å². The van der Waals surface area contributed by atoms with Gasteiger partial charge < -0.3 is 44.3 Å². The van der Waals surface area contributed by atoms with E-state index < -0.39 is 17.4 Å². The van der Waals surface area contributed by atoms with Gasteiger partial charge in [-0.3, -0.25) is 9.59 Å². The fourth-order valence-electron chi connectivity index (χ4n) is 5.41. The number of nitrogens with one attached hydrogen (secondary N) is 1. The zero-order valence-electron chi connectivity index (χ0n) is 29.9. The number of benzene rings is 2. The van der Waals surface area contributed by atoms with Gasteiger partial charge in [-0.2, -0.15) is 0 Å². The van der Waals surface area contributed by atoms with Crippen LogP contribution >= 0.6 is 0 Å². The first-order valence-corrected chi connectivity index (χ1v) is 16.9. The Morgan fingerprint density at radius 1 is 0.920 bits per heavy atom. The fraction of sp³-hybridized carbons (Fsp3) is 0.474. The number of ether oxygens (including phenoxy) is 4. The van der Waals surface area contributed by atoms with Crippen LogP contribution in [0.2, 0.25) is 0 Å². The second-order valence-corrected chi connectivity index (χ2v) is 12.4. The molecule has 0 radical (unpaired) electrons. The molecule has 3 aromatic rings. The molecular weight excluding hydrogens is 644 g/mol. The zero-order chi connectivity index (χ0) is 36.8. The van der Waals surface area contributed by atoms with Crippen molar-refractivity contribution >= 4 is 40.1 Å². The molecule has 4 N–H and O–H groups in total. The Kier molecular flexibility index (Phi) is 15.3. The molecule has 0 saturated heterocycles. The highest BCUT2D eigenvalue weighted by Crippen LogP contribution is 2.41. The number of carbonyl (C=O) groups is 3. The molecule has 0 aliphatic rings. The summed E-state index contributed by atoms with van der Waals surface area (Å²) in [7, 11) is 2.76. The third kappa shape index (κ3) is 10.3. The predicted molar refractivity (Wildman–Crippen MR) is 192 cm³/mol. The van der Waals surface area contributed by atoms with Gasteiger partial charge in [0.05, 0.1) is 32.8 Å². The summed E-state index contributed by atoms with van der Waals surface area (Å²) in [5.74, 6) is -0.0970. The maximum Gasteiger partial charge on any atom is 0.328 e. The van der Waals surface area contributed by atoms with Crippen molar-refractivity contribution in [1.29, 1.82) is 0 Å². The molecule has 1 atom stereocenters. The second kappa shape index (κ2) is 19.4. The molecule has 1 unspecified atom stereocenters. The molecule has 50 heavy (non-hydrogen) atoms. The number of hydrogen-bond donors (Lipinski definition) is 3. The highest BCUT2D eigenvalue weighted by atomic mass is 16.5. The fourth-order valence-corrected chi connectivity index (χ4v) is 5.41. The Labute approximate surface area is 292 Å². The van der Waals surface area contributed by atoms with Crippen LogP contribution in [0.1, 0.15) is 77.3 Å². The third-order valence-corrected chi connectivity index (χ3v) is 7.99. The van der Waals surface area contributed by atoms with Crippen LogP contribution in [0.3, 0.4) is 0 Å². The van der Waals surface area contributed by atoms with E-state index in [9.17, 15) is 24.3 Å². The van der Waals surface area contributed by atoms with Gasteiger partial charge in [-0.15, -0.1) is 0 Å². The number of esters is 1. The highest BCUT2D eigenvalue weighted by molar-refractivity contribution is 5.98. The number of unbranched alkanes of at least 4 members (excludes halogenated alkanes) is 1. The summed E-state index contributed by atoms with van der Waals surface area (Å²) in [6, 6.07) is 2.38. The molecule has 3 rings (SSSR count). The number of aldehydes is 1. The van der Waals surface area contributed by atoms with Gasteiger partial charge in [0.2, 0.25) is 11.3 Å². The van der Waals surface area contributed by atoms with Crippen molar-refractivity contribution in [2.24, 2.45) is 5.73 Å². The van der Waals surface area contributed by atoms with Crippen molar-refractivity contribution in [3.63, 3.8) is 0 Å².